The topological polar surface area (TPSA) is 68.6 Å². The molecule has 2 aliphatic rings. The molecule has 1 N–H and O–H groups in total. The Morgan fingerprint density at radius 1 is 1.04 bits per heavy atom. The van der Waals surface area contributed by atoms with Gasteiger partial charge in [-0.15, -0.1) is 0 Å². The number of amides is 1. The molecule has 0 radical (unpaired) electrons. The molecular weight excluding hydrogens is 318 g/mol. The van der Waals surface area contributed by atoms with Crippen molar-refractivity contribution < 1.29 is 9.21 Å². The Balaban J connectivity index is 1.24. The first-order valence-electron chi connectivity index (χ1n) is 9.09. The van der Waals surface area contributed by atoms with Gasteiger partial charge in [-0.1, -0.05) is 0 Å². The number of likely N-dealkylation sites (tertiary alicyclic amines) is 1. The van der Waals surface area contributed by atoms with Gasteiger partial charge in [-0.25, -0.2) is 0 Å². The van der Waals surface area contributed by atoms with Gasteiger partial charge in [0.15, 0.2) is 5.76 Å². The summed E-state index contributed by atoms with van der Waals surface area (Å²) in [5, 5.41) is 6.87. The highest BCUT2D eigenvalue weighted by Gasteiger charge is 2.23. The average molecular weight is 343 g/mol. The summed E-state index contributed by atoms with van der Waals surface area (Å²) in [5.41, 5.74) is 0.900. The maximum Gasteiger partial charge on any atom is 0.236 e. The van der Waals surface area contributed by atoms with Crippen molar-refractivity contribution >= 4 is 5.91 Å². The van der Waals surface area contributed by atoms with Crippen LogP contribution in [0.1, 0.15) is 18.6 Å². The smallest absolute Gasteiger partial charge is 0.236 e. The van der Waals surface area contributed by atoms with Crippen molar-refractivity contribution in [3.8, 4) is 11.5 Å². The molecule has 0 aromatic carbocycles. The number of H-pyrrole nitrogens is 1. The van der Waals surface area contributed by atoms with E-state index in [0.29, 0.717) is 12.5 Å². The molecule has 2 saturated heterocycles. The fraction of sp³-hybridized carbons (Fsp3) is 0.556. The van der Waals surface area contributed by atoms with Crippen molar-refractivity contribution in [2.75, 3.05) is 45.8 Å². The lowest BCUT2D eigenvalue weighted by molar-refractivity contribution is -0.131. The summed E-state index contributed by atoms with van der Waals surface area (Å²) in [5.74, 6) is 2.08. The molecule has 7 nitrogen and oxygen atoms in total. The van der Waals surface area contributed by atoms with E-state index >= 15 is 0 Å². The molecule has 4 rings (SSSR count). The molecule has 25 heavy (non-hydrogen) atoms. The van der Waals surface area contributed by atoms with E-state index in [9.17, 15) is 4.79 Å². The summed E-state index contributed by atoms with van der Waals surface area (Å²) < 4.78 is 5.90. The highest BCUT2D eigenvalue weighted by atomic mass is 16.3. The molecule has 1 amide bonds. The molecule has 0 saturated carbocycles. The van der Waals surface area contributed by atoms with Gasteiger partial charge in [0.25, 0.3) is 0 Å². The molecule has 2 aromatic rings. The number of carbonyl (C=O) groups excluding carboxylic acids is 1. The minimum Gasteiger partial charge on any atom is -0.458 e. The lowest BCUT2D eigenvalue weighted by Crippen LogP contribution is -2.49. The van der Waals surface area contributed by atoms with Crippen LogP contribution in [0.5, 0.6) is 0 Å². The summed E-state index contributed by atoms with van der Waals surface area (Å²) in [4.78, 5) is 18.9. The number of nitrogens with one attached hydrogen (secondary N) is 1. The molecule has 2 aromatic heterocycles. The van der Waals surface area contributed by atoms with E-state index < -0.39 is 0 Å². The van der Waals surface area contributed by atoms with Crippen LogP contribution in [-0.2, 0) is 11.3 Å². The van der Waals surface area contributed by atoms with E-state index in [-0.39, 0.29) is 0 Å². The second-order valence-corrected chi connectivity index (χ2v) is 6.88. The van der Waals surface area contributed by atoms with E-state index in [2.05, 4.69) is 20.0 Å². The number of piperazine rings is 1. The van der Waals surface area contributed by atoms with Crippen molar-refractivity contribution in [3.63, 3.8) is 0 Å². The standard InChI is InChI=1S/C18H25N5O2/c24-18(23-7-1-2-8-23)14-22-11-9-21(10-12-22)13-15-3-4-17(25-15)16-5-6-19-20-16/h3-6H,1-2,7-14H2,(H,19,20). The maximum absolute atomic E-state index is 12.2. The largest absolute Gasteiger partial charge is 0.458 e. The van der Waals surface area contributed by atoms with Gasteiger partial charge in [-0.3, -0.25) is 19.7 Å². The number of aromatic amines is 1. The minimum absolute atomic E-state index is 0.293. The molecule has 0 spiro atoms. The van der Waals surface area contributed by atoms with Crippen molar-refractivity contribution in [1.82, 2.24) is 24.9 Å². The summed E-state index contributed by atoms with van der Waals surface area (Å²) in [6, 6.07) is 5.91. The molecular formula is C18H25N5O2. The second-order valence-electron chi connectivity index (χ2n) is 6.88. The predicted molar refractivity (Wildman–Crippen MR) is 93.8 cm³/mol. The van der Waals surface area contributed by atoms with Gasteiger partial charge < -0.3 is 9.32 Å². The van der Waals surface area contributed by atoms with Crippen LogP contribution in [0.15, 0.2) is 28.8 Å². The van der Waals surface area contributed by atoms with Crippen LogP contribution in [0.4, 0.5) is 0 Å². The molecule has 0 bridgehead atoms. The van der Waals surface area contributed by atoms with Crippen LogP contribution in [0.2, 0.25) is 0 Å². The van der Waals surface area contributed by atoms with Crippen molar-refractivity contribution in [1.29, 1.82) is 0 Å². The normalized spacial score (nSPS) is 19.6. The molecule has 134 valence electrons. The van der Waals surface area contributed by atoms with Crippen LogP contribution >= 0.6 is 0 Å². The summed E-state index contributed by atoms with van der Waals surface area (Å²) in [6.07, 6.45) is 4.03. The Morgan fingerprint density at radius 3 is 2.52 bits per heavy atom. The number of furan rings is 1. The molecule has 0 unspecified atom stereocenters. The van der Waals surface area contributed by atoms with Gasteiger partial charge in [-0.2, -0.15) is 5.10 Å². The van der Waals surface area contributed by atoms with Gasteiger partial charge in [0.1, 0.15) is 11.5 Å². The Kier molecular flexibility index (Phi) is 4.85. The summed E-state index contributed by atoms with van der Waals surface area (Å²) in [6.45, 7) is 7.06. The average Bonchev–Trinajstić information content (AvgIpc) is 3.38. The van der Waals surface area contributed by atoms with Gasteiger partial charge in [0.2, 0.25) is 5.91 Å². The fourth-order valence-electron chi connectivity index (χ4n) is 3.58. The van der Waals surface area contributed by atoms with E-state index in [1.165, 1.54) is 0 Å². The highest BCUT2D eigenvalue weighted by molar-refractivity contribution is 5.78. The number of rotatable bonds is 5. The number of hydrogen-bond acceptors (Lipinski definition) is 5. The molecule has 4 heterocycles. The predicted octanol–water partition coefficient (Wildman–Crippen LogP) is 1.41. The number of nitrogens with zero attached hydrogens (tertiary/aromatic N) is 4. The fourth-order valence-corrected chi connectivity index (χ4v) is 3.58. The van der Waals surface area contributed by atoms with Gasteiger partial charge in [0, 0.05) is 45.5 Å². The molecule has 0 atom stereocenters. The van der Waals surface area contributed by atoms with E-state index in [4.69, 9.17) is 4.42 Å². The molecule has 2 aliphatic heterocycles. The first kappa shape index (κ1) is 16.4. The van der Waals surface area contributed by atoms with Crippen molar-refractivity contribution in [3.05, 3.63) is 30.2 Å². The van der Waals surface area contributed by atoms with E-state index in [1.54, 1.807) is 6.20 Å². The minimum atomic E-state index is 0.293. The molecule has 0 aliphatic carbocycles. The molecule has 7 heteroatoms. The monoisotopic (exact) mass is 343 g/mol. The van der Waals surface area contributed by atoms with Gasteiger partial charge in [0.05, 0.1) is 13.1 Å². The molecule has 2 fully saturated rings. The Labute approximate surface area is 147 Å². The second kappa shape index (κ2) is 7.41. The van der Waals surface area contributed by atoms with Crippen molar-refractivity contribution in [2.45, 2.75) is 19.4 Å². The van der Waals surface area contributed by atoms with Crippen LogP contribution in [0, 0.1) is 0 Å². The summed E-state index contributed by atoms with van der Waals surface area (Å²) >= 11 is 0. The number of hydrogen-bond donors (Lipinski definition) is 1. The van der Waals surface area contributed by atoms with Crippen LogP contribution in [0.3, 0.4) is 0 Å². The van der Waals surface area contributed by atoms with Crippen LogP contribution < -0.4 is 0 Å². The van der Waals surface area contributed by atoms with Gasteiger partial charge in [-0.05, 0) is 31.0 Å². The summed E-state index contributed by atoms with van der Waals surface area (Å²) in [7, 11) is 0. The third kappa shape index (κ3) is 3.93. The quantitative estimate of drug-likeness (QED) is 0.889. The highest BCUT2D eigenvalue weighted by Crippen LogP contribution is 2.21. The lowest BCUT2D eigenvalue weighted by Gasteiger charge is -2.34. The van der Waals surface area contributed by atoms with Crippen LogP contribution in [-0.4, -0.2) is 76.6 Å². The first-order chi connectivity index (χ1) is 12.3. The zero-order valence-electron chi connectivity index (χ0n) is 14.5. The van der Waals surface area contributed by atoms with Crippen molar-refractivity contribution in [2.24, 2.45) is 0 Å². The Bertz CT molecular complexity index is 682. The Morgan fingerprint density at radius 2 is 1.80 bits per heavy atom. The zero-order chi connectivity index (χ0) is 17.1. The SMILES string of the molecule is O=C(CN1CCN(Cc2ccc(-c3ccn[nH]3)o2)CC1)N1CCCC1. The lowest BCUT2D eigenvalue weighted by atomic mass is 10.3. The number of aromatic nitrogens is 2. The van der Waals surface area contributed by atoms with Gasteiger partial charge >= 0.3 is 0 Å². The maximum atomic E-state index is 12.2. The van der Waals surface area contributed by atoms with E-state index in [1.807, 2.05) is 23.1 Å². The third-order valence-electron chi connectivity index (χ3n) is 5.09. The third-order valence-corrected chi connectivity index (χ3v) is 5.09. The zero-order valence-corrected chi connectivity index (χ0v) is 14.5. The van der Waals surface area contributed by atoms with Crippen LogP contribution in [0.25, 0.3) is 11.5 Å². The Hall–Kier alpha value is -2.12. The number of carbonyl (C=O) groups is 1. The van der Waals surface area contributed by atoms with E-state index in [0.717, 1.165) is 75.9 Å². The first-order valence-corrected chi connectivity index (χ1v) is 9.09.